The fourth-order valence-electron chi connectivity index (χ4n) is 1.39. The molecule has 0 amide bonds. The van der Waals surface area contributed by atoms with Gasteiger partial charge in [0.05, 0.1) is 0 Å². The highest BCUT2D eigenvalue weighted by Crippen LogP contribution is 2.41. The van der Waals surface area contributed by atoms with Crippen molar-refractivity contribution in [2.75, 3.05) is 5.73 Å². The predicted octanol–water partition coefficient (Wildman–Crippen LogP) is 1.62. The molecule has 0 aromatic carbocycles. The molecule has 1 heterocycles. The van der Waals surface area contributed by atoms with E-state index in [1.807, 2.05) is 0 Å². The van der Waals surface area contributed by atoms with E-state index in [9.17, 15) is 0 Å². The number of rotatable bonds is 2. The minimum Gasteiger partial charge on any atom is -0.368 e. The molecule has 1 aliphatic carbocycles. The van der Waals surface area contributed by atoms with Crippen LogP contribution in [0.2, 0.25) is 5.28 Å². The minimum atomic E-state index is 0.190. The van der Waals surface area contributed by atoms with Crippen molar-refractivity contribution < 1.29 is 0 Å². The molecule has 0 bridgehead atoms. The summed E-state index contributed by atoms with van der Waals surface area (Å²) in [4.78, 5) is 11.8. The first kappa shape index (κ1) is 8.69. The third-order valence-electron chi connectivity index (χ3n) is 2.38. The van der Waals surface area contributed by atoms with Crippen LogP contribution in [0.5, 0.6) is 0 Å². The second kappa shape index (κ2) is 3.10. The van der Waals surface area contributed by atoms with Crippen LogP contribution in [-0.4, -0.2) is 15.0 Å². The van der Waals surface area contributed by atoms with Gasteiger partial charge in [-0.2, -0.15) is 9.97 Å². The summed E-state index contributed by atoms with van der Waals surface area (Å²) in [5.74, 6) is 1.99. The third kappa shape index (κ3) is 1.88. The van der Waals surface area contributed by atoms with Crippen molar-refractivity contribution in [1.82, 2.24) is 15.0 Å². The van der Waals surface area contributed by atoms with E-state index in [1.165, 1.54) is 12.8 Å². The quantitative estimate of drug-likeness (QED) is 0.785. The van der Waals surface area contributed by atoms with Crippen molar-refractivity contribution in [1.29, 1.82) is 0 Å². The van der Waals surface area contributed by atoms with Crippen LogP contribution in [0, 0.1) is 5.92 Å². The van der Waals surface area contributed by atoms with E-state index in [0.717, 1.165) is 5.82 Å². The van der Waals surface area contributed by atoms with Gasteiger partial charge >= 0.3 is 0 Å². The summed E-state index contributed by atoms with van der Waals surface area (Å²) in [5.41, 5.74) is 5.47. The van der Waals surface area contributed by atoms with Crippen molar-refractivity contribution in [3.05, 3.63) is 11.1 Å². The van der Waals surface area contributed by atoms with Gasteiger partial charge in [0, 0.05) is 5.92 Å². The Labute approximate surface area is 81.6 Å². The van der Waals surface area contributed by atoms with E-state index in [0.29, 0.717) is 11.8 Å². The molecule has 1 atom stereocenters. The topological polar surface area (TPSA) is 64.7 Å². The number of nitrogen functional groups attached to an aromatic ring is 1. The zero-order valence-electron chi connectivity index (χ0n) is 7.37. The summed E-state index contributed by atoms with van der Waals surface area (Å²) in [7, 11) is 0. The Morgan fingerprint density at radius 3 is 2.62 bits per heavy atom. The number of aromatic nitrogens is 3. The molecule has 70 valence electrons. The van der Waals surface area contributed by atoms with Crippen molar-refractivity contribution in [3.63, 3.8) is 0 Å². The van der Waals surface area contributed by atoms with Crippen LogP contribution in [-0.2, 0) is 0 Å². The zero-order valence-corrected chi connectivity index (χ0v) is 8.12. The molecule has 1 saturated carbocycles. The van der Waals surface area contributed by atoms with E-state index in [-0.39, 0.29) is 11.2 Å². The van der Waals surface area contributed by atoms with E-state index in [1.54, 1.807) is 0 Å². The maximum atomic E-state index is 5.68. The van der Waals surface area contributed by atoms with Crippen LogP contribution in [0.15, 0.2) is 0 Å². The Bertz CT molecular complexity index is 304. The Morgan fingerprint density at radius 2 is 2.08 bits per heavy atom. The fourth-order valence-corrected chi connectivity index (χ4v) is 1.57. The van der Waals surface area contributed by atoms with Gasteiger partial charge in [-0.05, 0) is 30.4 Å². The van der Waals surface area contributed by atoms with E-state index in [2.05, 4.69) is 21.9 Å². The molecule has 2 rings (SSSR count). The molecule has 1 aliphatic rings. The van der Waals surface area contributed by atoms with Crippen LogP contribution >= 0.6 is 11.6 Å². The summed E-state index contributed by atoms with van der Waals surface area (Å²) in [5, 5.41) is 0.190. The fraction of sp³-hybridized carbons (Fsp3) is 0.625. The summed E-state index contributed by atoms with van der Waals surface area (Å²) in [6.45, 7) is 2.10. The van der Waals surface area contributed by atoms with Gasteiger partial charge in [0.2, 0.25) is 11.2 Å². The molecule has 13 heavy (non-hydrogen) atoms. The van der Waals surface area contributed by atoms with Crippen LogP contribution in [0.3, 0.4) is 0 Å². The molecule has 1 unspecified atom stereocenters. The molecule has 0 radical (unpaired) electrons. The van der Waals surface area contributed by atoms with E-state index in [4.69, 9.17) is 17.3 Å². The molecule has 0 spiro atoms. The van der Waals surface area contributed by atoms with Gasteiger partial charge < -0.3 is 5.73 Å². The monoisotopic (exact) mass is 198 g/mol. The number of nitrogens with two attached hydrogens (primary N) is 1. The first-order chi connectivity index (χ1) is 6.16. The minimum absolute atomic E-state index is 0.190. The highest BCUT2D eigenvalue weighted by atomic mass is 35.5. The maximum Gasteiger partial charge on any atom is 0.227 e. The lowest BCUT2D eigenvalue weighted by atomic mass is 10.1. The summed E-state index contributed by atoms with van der Waals surface area (Å²) < 4.78 is 0. The van der Waals surface area contributed by atoms with Gasteiger partial charge in [-0.1, -0.05) is 6.92 Å². The Kier molecular flexibility index (Phi) is 2.07. The number of hydrogen-bond acceptors (Lipinski definition) is 4. The Morgan fingerprint density at radius 1 is 1.38 bits per heavy atom. The van der Waals surface area contributed by atoms with Gasteiger partial charge in [0.15, 0.2) is 0 Å². The zero-order chi connectivity index (χ0) is 9.42. The number of halogens is 1. The van der Waals surface area contributed by atoms with Crippen molar-refractivity contribution in [2.24, 2.45) is 5.92 Å². The molecule has 1 fully saturated rings. The lowest BCUT2D eigenvalue weighted by Gasteiger charge is -2.07. The Balaban J connectivity index is 2.27. The number of anilines is 1. The number of hydrogen-bond donors (Lipinski definition) is 1. The molecule has 0 saturated heterocycles. The summed E-state index contributed by atoms with van der Waals surface area (Å²) in [6, 6.07) is 0. The van der Waals surface area contributed by atoms with Crippen LogP contribution in [0.4, 0.5) is 5.95 Å². The average Bonchev–Trinajstić information content (AvgIpc) is 2.83. The predicted molar refractivity (Wildman–Crippen MR) is 50.4 cm³/mol. The van der Waals surface area contributed by atoms with Crippen molar-refractivity contribution in [2.45, 2.75) is 25.7 Å². The Hall–Kier alpha value is -0.900. The molecule has 4 nitrogen and oxygen atoms in total. The average molecular weight is 199 g/mol. The molecular formula is C8H11ClN4. The normalized spacial score (nSPS) is 18.6. The van der Waals surface area contributed by atoms with Crippen LogP contribution in [0.1, 0.15) is 31.5 Å². The van der Waals surface area contributed by atoms with Crippen LogP contribution in [0.25, 0.3) is 0 Å². The van der Waals surface area contributed by atoms with Crippen molar-refractivity contribution in [3.8, 4) is 0 Å². The van der Waals surface area contributed by atoms with E-state index >= 15 is 0 Å². The standard InChI is InChI=1S/C8H11ClN4/c1-4(5-2-3-5)6-11-7(9)13-8(10)12-6/h4-5H,2-3H2,1H3,(H2,10,11,12,13). The van der Waals surface area contributed by atoms with Gasteiger partial charge in [-0.3, -0.25) is 0 Å². The van der Waals surface area contributed by atoms with Gasteiger partial charge in [0.25, 0.3) is 0 Å². The third-order valence-corrected chi connectivity index (χ3v) is 2.55. The van der Waals surface area contributed by atoms with Crippen LogP contribution < -0.4 is 5.73 Å². The largest absolute Gasteiger partial charge is 0.368 e. The lowest BCUT2D eigenvalue weighted by Crippen LogP contribution is -2.07. The number of nitrogens with zero attached hydrogens (tertiary/aromatic N) is 3. The molecule has 1 aromatic rings. The molecule has 0 aliphatic heterocycles. The first-order valence-corrected chi connectivity index (χ1v) is 4.71. The van der Waals surface area contributed by atoms with Gasteiger partial charge in [0.1, 0.15) is 5.82 Å². The molecular weight excluding hydrogens is 188 g/mol. The molecule has 2 N–H and O–H groups in total. The van der Waals surface area contributed by atoms with Crippen molar-refractivity contribution >= 4 is 17.5 Å². The maximum absolute atomic E-state index is 5.68. The summed E-state index contributed by atoms with van der Waals surface area (Å²) >= 11 is 5.68. The molecule has 1 aromatic heterocycles. The SMILES string of the molecule is CC(c1nc(N)nc(Cl)n1)C1CC1. The van der Waals surface area contributed by atoms with Gasteiger partial charge in [-0.25, -0.2) is 4.98 Å². The highest BCUT2D eigenvalue weighted by molar-refractivity contribution is 6.28. The lowest BCUT2D eigenvalue weighted by molar-refractivity contribution is 0.617. The second-order valence-corrected chi connectivity index (χ2v) is 3.79. The summed E-state index contributed by atoms with van der Waals surface area (Å²) in [6.07, 6.45) is 2.51. The highest BCUT2D eigenvalue weighted by Gasteiger charge is 2.31. The first-order valence-electron chi connectivity index (χ1n) is 4.34. The smallest absolute Gasteiger partial charge is 0.227 e. The van der Waals surface area contributed by atoms with Gasteiger partial charge in [-0.15, -0.1) is 0 Å². The van der Waals surface area contributed by atoms with E-state index < -0.39 is 0 Å². The molecule has 5 heteroatoms. The second-order valence-electron chi connectivity index (χ2n) is 3.45.